The van der Waals surface area contributed by atoms with Crippen LogP contribution in [0.4, 0.5) is 0 Å². The standard InChI is InChI=1S/C15H23BrO2/c1-4-14(2,3)11-5-8-15(17,9-6-11)13-12(16)7-10-18-13/h7,10-11,17H,4-6,8-9H2,1-3H3. The summed E-state index contributed by atoms with van der Waals surface area (Å²) >= 11 is 3.45. The highest BCUT2D eigenvalue weighted by molar-refractivity contribution is 9.10. The van der Waals surface area contributed by atoms with Crippen molar-refractivity contribution in [3.05, 3.63) is 22.6 Å². The fraction of sp³-hybridized carbons (Fsp3) is 0.733. The van der Waals surface area contributed by atoms with Crippen molar-refractivity contribution < 1.29 is 9.52 Å². The molecule has 0 spiro atoms. The molecular formula is C15H23BrO2. The molecule has 0 radical (unpaired) electrons. The first kappa shape index (κ1) is 14.1. The van der Waals surface area contributed by atoms with Crippen LogP contribution in [0.2, 0.25) is 0 Å². The molecule has 102 valence electrons. The largest absolute Gasteiger partial charge is 0.465 e. The molecule has 0 saturated heterocycles. The fourth-order valence-electron chi connectivity index (χ4n) is 3.02. The van der Waals surface area contributed by atoms with Crippen molar-refractivity contribution in [2.24, 2.45) is 11.3 Å². The summed E-state index contributed by atoms with van der Waals surface area (Å²) in [7, 11) is 0. The normalized spacial score (nSPS) is 29.5. The van der Waals surface area contributed by atoms with Crippen LogP contribution in [0.15, 0.2) is 21.2 Å². The van der Waals surface area contributed by atoms with Gasteiger partial charge >= 0.3 is 0 Å². The zero-order valence-electron chi connectivity index (χ0n) is 11.5. The van der Waals surface area contributed by atoms with E-state index in [1.165, 1.54) is 6.42 Å². The quantitative estimate of drug-likeness (QED) is 0.864. The first-order chi connectivity index (χ1) is 8.39. The van der Waals surface area contributed by atoms with Gasteiger partial charge in [-0.2, -0.15) is 0 Å². The lowest BCUT2D eigenvalue weighted by Gasteiger charge is -2.41. The topological polar surface area (TPSA) is 33.4 Å². The Labute approximate surface area is 118 Å². The Morgan fingerprint density at radius 2 is 2.06 bits per heavy atom. The summed E-state index contributed by atoms with van der Waals surface area (Å²) < 4.78 is 6.34. The van der Waals surface area contributed by atoms with Crippen LogP contribution in [0.5, 0.6) is 0 Å². The lowest BCUT2D eigenvalue weighted by atomic mass is 9.66. The van der Waals surface area contributed by atoms with Crippen LogP contribution < -0.4 is 0 Å². The average Bonchev–Trinajstić information content (AvgIpc) is 2.77. The monoisotopic (exact) mass is 314 g/mol. The predicted octanol–water partition coefficient (Wildman–Crippen LogP) is 4.86. The molecule has 3 heteroatoms. The van der Waals surface area contributed by atoms with Gasteiger partial charge < -0.3 is 9.52 Å². The first-order valence-electron chi connectivity index (χ1n) is 6.85. The molecule has 2 nitrogen and oxygen atoms in total. The second-order valence-corrected chi connectivity index (χ2v) is 7.10. The van der Waals surface area contributed by atoms with Gasteiger partial charge in [-0.1, -0.05) is 27.2 Å². The SMILES string of the molecule is CCC(C)(C)C1CCC(O)(c2occc2Br)CC1. The Morgan fingerprint density at radius 3 is 2.50 bits per heavy atom. The smallest absolute Gasteiger partial charge is 0.149 e. The lowest BCUT2D eigenvalue weighted by molar-refractivity contribution is -0.0485. The van der Waals surface area contributed by atoms with Crippen LogP contribution in [0, 0.1) is 11.3 Å². The van der Waals surface area contributed by atoms with Gasteiger partial charge in [0.1, 0.15) is 11.4 Å². The first-order valence-corrected chi connectivity index (χ1v) is 7.64. The van der Waals surface area contributed by atoms with E-state index in [0.29, 0.717) is 17.1 Å². The van der Waals surface area contributed by atoms with E-state index in [4.69, 9.17) is 4.42 Å². The van der Waals surface area contributed by atoms with Crippen molar-refractivity contribution in [2.75, 3.05) is 0 Å². The van der Waals surface area contributed by atoms with Crippen LogP contribution in [0.25, 0.3) is 0 Å². The van der Waals surface area contributed by atoms with Gasteiger partial charge in [0, 0.05) is 0 Å². The maximum atomic E-state index is 10.7. The van der Waals surface area contributed by atoms with Gasteiger partial charge in [0.15, 0.2) is 0 Å². The van der Waals surface area contributed by atoms with Crippen molar-refractivity contribution in [1.82, 2.24) is 0 Å². The molecule has 18 heavy (non-hydrogen) atoms. The van der Waals surface area contributed by atoms with E-state index in [1.54, 1.807) is 6.26 Å². The Kier molecular flexibility index (Phi) is 3.93. The number of furan rings is 1. The Hall–Kier alpha value is -0.280. The average molecular weight is 315 g/mol. The summed E-state index contributed by atoms with van der Waals surface area (Å²) in [6.45, 7) is 6.93. The fourth-order valence-corrected chi connectivity index (χ4v) is 3.59. The summed E-state index contributed by atoms with van der Waals surface area (Å²) in [5.41, 5.74) is -0.398. The Bertz CT molecular complexity index is 400. The Morgan fingerprint density at radius 1 is 1.44 bits per heavy atom. The van der Waals surface area contributed by atoms with E-state index in [1.807, 2.05) is 6.07 Å². The van der Waals surface area contributed by atoms with Crippen molar-refractivity contribution in [3.63, 3.8) is 0 Å². The maximum absolute atomic E-state index is 10.7. The third-order valence-corrected chi connectivity index (χ3v) is 5.49. The van der Waals surface area contributed by atoms with Crippen LogP contribution in [-0.2, 0) is 5.60 Å². The molecule has 1 aliphatic carbocycles. The van der Waals surface area contributed by atoms with Gasteiger partial charge in [-0.25, -0.2) is 0 Å². The molecule has 1 aromatic heterocycles. The van der Waals surface area contributed by atoms with E-state index in [0.717, 1.165) is 30.2 Å². The second kappa shape index (κ2) is 5.01. The molecule has 1 saturated carbocycles. The van der Waals surface area contributed by atoms with Crippen molar-refractivity contribution in [1.29, 1.82) is 0 Å². The van der Waals surface area contributed by atoms with Gasteiger partial charge in [-0.05, 0) is 59.0 Å². The predicted molar refractivity (Wildman–Crippen MR) is 76.3 cm³/mol. The summed E-state index contributed by atoms with van der Waals surface area (Å²) in [5, 5.41) is 10.7. The molecule has 1 aliphatic rings. The highest BCUT2D eigenvalue weighted by Crippen LogP contribution is 2.48. The lowest BCUT2D eigenvalue weighted by Crippen LogP contribution is -2.36. The summed E-state index contributed by atoms with van der Waals surface area (Å²) in [6.07, 6.45) is 6.58. The van der Waals surface area contributed by atoms with Crippen molar-refractivity contribution >= 4 is 15.9 Å². The number of aliphatic hydroxyl groups is 1. The highest BCUT2D eigenvalue weighted by Gasteiger charge is 2.42. The number of halogens is 1. The molecule has 1 heterocycles. The van der Waals surface area contributed by atoms with E-state index in [2.05, 4.69) is 36.7 Å². The molecule has 2 rings (SSSR count). The molecule has 1 fully saturated rings. The zero-order chi connectivity index (χ0) is 13.4. The van der Waals surface area contributed by atoms with Crippen molar-refractivity contribution in [2.45, 2.75) is 58.5 Å². The Balaban J connectivity index is 2.09. The molecule has 1 N–H and O–H groups in total. The molecule has 1 aromatic rings. The minimum atomic E-state index is -0.775. The molecule has 0 amide bonds. The van der Waals surface area contributed by atoms with Crippen molar-refractivity contribution in [3.8, 4) is 0 Å². The molecule has 0 bridgehead atoms. The van der Waals surface area contributed by atoms with E-state index >= 15 is 0 Å². The summed E-state index contributed by atoms with van der Waals surface area (Å²) in [5.74, 6) is 1.41. The highest BCUT2D eigenvalue weighted by atomic mass is 79.9. The molecular weight excluding hydrogens is 292 g/mol. The van der Waals surface area contributed by atoms with E-state index in [9.17, 15) is 5.11 Å². The zero-order valence-corrected chi connectivity index (χ0v) is 13.1. The molecule has 0 aromatic carbocycles. The van der Waals surface area contributed by atoms with E-state index in [-0.39, 0.29) is 0 Å². The number of rotatable bonds is 3. The third kappa shape index (κ3) is 2.53. The second-order valence-electron chi connectivity index (χ2n) is 6.25. The van der Waals surface area contributed by atoms with Gasteiger partial charge in [0.05, 0.1) is 10.7 Å². The number of hydrogen-bond donors (Lipinski definition) is 1. The van der Waals surface area contributed by atoms with Gasteiger partial charge in [0.25, 0.3) is 0 Å². The molecule has 0 atom stereocenters. The molecule has 0 aliphatic heterocycles. The summed E-state index contributed by atoms with van der Waals surface area (Å²) in [4.78, 5) is 0. The minimum absolute atomic E-state index is 0.377. The van der Waals surface area contributed by atoms with Gasteiger partial charge in [-0.3, -0.25) is 0 Å². The minimum Gasteiger partial charge on any atom is -0.465 e. The van der Waals surface area contributed by atoms with Crippen LogP contribution in [-0.4, -0.2) is 5.11 Å². The van der Waals surface area contributed by atoms with Crippen LogP contribution >= 0.6 is 15.9 Å². The van der Waals surface area contributed by atoms with Crippen LogP contribution in [0.3, 0.4) is 0 Å². The molecule has 0 unspecified atom stereocenters. The van der Waals surface area contributed by atoms with Gasteiger partial charge in [-0.15, -0.1) is 0 Å². The summed E-state index contributed by atoms with van der Waals surface area (Å²) in [6, 6.07) is 1.86. The third-order valence-electron chi connectivity index (χ3n) is 4.87. The maximum Gasteiger partial charge on any atom is 0.149 e. The van der Waals surface area contributed by atoms with E-state index < -0.39 is 5.60 Å². The van der Waals surface area contributed by atoms with Crippen LogP contribution in [0.1, 0.15) is 58.6 Å². The number of hydrogen-bond acceptors (Lipinski definition) is 2. The van der Waals surface area contributed by atoms with Gasteiger partial charge in [0.2, 0.25) is 0 Å².